The predicted octanol–water partition coefficient (Wildman–Crippen LogP) is 2.85. The number of anilines is 1. The van der Waals surface area contributed by atoms with Gasteiger partial charge in [0.2, 0.25) is 11.5 Å². The van der Waals surface area contributed by atoms with Gasteiger partial charge >= 0.3 is 5.97 Å². The minimum atomic E-state index is -2.52. The number of rotatable bonds is 14. The molecule has 2 amide bonds. The molecule has 1 saturated heterocycles. The summed E-state index contributed by atoms with van der Waals surface area (Å²) in [5.41, 5.74) is 8.15. The quantitative estimate of drug-likeness (QED) is 0.0555. The zero-order valence-corrected chi connectivity index (χ0v) is 35.6. The Bertz CT molecular complexity index is 2360. The molecule has 0 aliphatic carbocycles. The maximum Gasteiger partial charge on any atom is 0.356 e. The SMILES string of the molecule is CCO/N=C(/C(=O)NC1C(=O)N2C(C(=O)OC(c3ccccc3)c3ccccc3)=C(C[P+](c3ccccc3)(c3ccccc3)c3ccccc3)CS[C@H]12)c1nsc(N)n1.[Cl-]. The molecule has 5 aromatic carbocycles. The molecule has 60 heavy (non-hydrogen) atoms. The Balaban J connectivity index is 0.00000544. The number of fused-ring (bicyclic) bond motifs is 1. The summed E-state index contributed by atoms with van der Waals surface area (Å²) in [4.78, 5) is 54.2. The van der Waals surface area contributed by atoms with Gasteiger partial charge in [0.1, 0.15) is 46.9 Å². The summed E-state index contributed by atoms with van der Waals surface area (Å²) < 4.78 is 10.7. The van der Waals surface area contributed by atoms with Crippen LogP contribution in [0.1, 0.15) is 30.0 Å². The summed E-state index contributed by atoms with van der Waals surface area (Å²) in [5.74, 6) is -1.41. The van der Waals surface area contributed by atoms with E-state index in [1.54, 1.807) is 6.92 Å². The highest BCUT2D eigenvalue weighted by molar-refractivity contribution is 8.00. The van der Waals surface area contributed by atoms with Gasteiger partial charge in [0.05, 0.1) is 6.16 Å². The van der Waals surface area contributed by atoms with E-state index >= 15 is 4.79 Å². The van der Waals surface area contributed by atoms with Crippen LogP contribution in [0.2, 0.25) is 0 Å². The highest BCUT2D eigenvalue weighted by atomic mass is 35.5. The molecule has 0 saturated carbocycles. The lowest BCUT2D eigenvalue weighted by Crippen LogP contribution is -3.00. The molecular formula is C45H40ClN6O5PS2. The largest absolute Gasteiger partial charge is 1.00 e. The Morgan fingerprint density at radius 3 is 1.80 bits per heavy atom. The highest BCUT2D eigenvalue weighted by Gasteiger charge is 2.57. The normalized spacial score (nSPS) is 16.3. The minimum absolute atomic E-state index is 0. The van der Waals surface area contributed by atoms with E-state index in [1.807, 2.05) is 115 Å². The summed E-state index contributed by atoms with van der Waals surface area (Å²) in [5, 5.41) is 9.71. The average molecular weight is 875 g/mol. The van der Waals surface area contributed by atoms with Gasteiger partial charge in [-0.3, -0.25) is 14.5 Å². The van der Waals surface area contributed by atoms with E-state index in [1.165, 1.54) is 16.7 Å². The van der Waals surface area contributed by atoms with E-state index in [9.17, 15) is 9.59 Å². The number of benzene rings is 5. The summed E-state index contributed by atoms with van der Waals surface area (Å²) in [7, 11) is -2.52. The molecule has 2 aliphatic rings. The van der Waals surface area contributed by atoms with E-state index < -0.39 is 42.6 Å². The molecule has 11 nitrogen and oxygen atoms in total. The van der Waals surface area contributed by atoms with Gasteiger partial charge in [-0.25, -0.2) is 4.79 Å². The van der Waals surface area contributed by atoms with E-state index in [2.05, 4.69) is 56.2 Å². The molecule has 0 radical (unpaired) electrons. The Morgan fingerprint density at radius 2 is 1.33 bits per heavy atom. The van der Waals surface area contributed by atoms with Crippen molar-refractivity contribution >= 4 is 75.1 Å². The topological polar surface area (TPSA) is 149 Å². The van der Waals surface area contributed by atoms with E-state index in [0.29, 0.717) is 11.9 Å². The van der Waals surface area contributed by atoms with Crippen LogP contribution in [0.3, 0.4) is 0 Å². The van der Waals surface area contributed by atoms with Crippen LogP contribution >= 0.6 is 30.6 Å². The number of carbonyl (C=O) groups is 3. The maximum absolute atomic E-state index is 15.1. The smallest absolute Gasteiger partial charge is 0.356 e. The molecule has 15 heteroatoms. The van der Waals surface area contributed by atoms with Crippen molar-refractivity contribution in [1.82, 2.24) is 19.6 Å². The second-order valence-corrected chi connectivity index (χ2v) is 19.1. The first-order chi connectivity index (χ1) is 28.9. The lowest BCUT2D eigenvalue weighted by molar-refractivity contribution is -0.154. The van der Waals surface area contributed by atoms with E-state index in [-0.39, 0.29) is 41.4 Å². The third-order valence-corrected chi connectivity index (χ3v) is 16.4. The lowest BCUT2D eigenvalue weighted by Gasteiger charge is -2.50. The first kappa shape index (κ1) is 42.3. The molecule has 0 bridgehead atoms. The van der Waals surface area contributed by atoms with Crippen molar-refractivity contribution in [2.45, 2.75) is 24.4 Å². The minimum Gasteiger partial charge on any atom is -1.00 e. The number of hydrogen-bond acceptors (Lipinski definition) is 11. The molecule has 8 rings (SSSR count). The fourth-order valence-corrected chi connectivity index (χ4v) is 13.7. The van der Waals surface area contributed by atoms with Gasteiger partial charge in [0, 0.05) is 22.9 Å². The third-order valence-electron chi connectivity index (χ3n) is 10.1. The van der Waals surface area contributed by atoms with Crippen molar-refractivity contribution in [3.63, 3.8) is 0 Å². The summed E-state index contributed by atoms with van der Waals surface area (Å²) in [6.45, 7) is 1.92. The number of ether oxygens (including phenoxy) is 1. The molecule has 2 aliphatic heterocycles. The van der Waals surface area contributed by atoms with Crippen LogP contribution in [0.4, 0.5) is 5.13 Å². The number of β-lactam (4-membered cyclic amide) rings is 1. The van der Waals surface area contributed by atoms with Crippen LogP contribution in [0.25, 0.3) is 0 Å². The molecule has 6 aromatic rings. The molecule has 1 fully saturated rings. The Morgan fingerprint density at radius 1 is 0.833 bits per heavy atom. The summed E-state index contributed by atoms with van der Waals surface area (Å²) >= 11 is 2.40. The zero-order chi connectivity index (χ0) is 40.8. The van der Waals surface area contributed by atoms with Crippen molar-refractivity contribution in [2.75, 3.05) is 24.3 Å². The number of carbonyl (C=O) groups excluding carboxylic acids is 3. The van der Waals surface area contributed by atoms with Crippen molar-refractivity contribution < 1.29 is 36.4 Å². The second-order valence-electron chi connectivity index (χ2n) is 13.7. The van der Waals surface area contributed by atoms with Gasteiger partial charge in [-0.15, -0.1) is 11.8 Å². The van der Waals surface area contributed by atoms with Crippen LogP contribution in [-0.4, -0.2) is 67.7 Å². The van der Waals surface area contributed by atoms with Gasteiger partial charge in [-0.05, 0) is 54.4 Å². The molecule has 1 aromatic heterocycles. The lowest BCUT2D eigenvalue weighted by atomic mass is 10.0. The standard InChI is InChI=1S/C45H39N6O5PS2.ClH/c1-2-55-49-36(40-48-45(46)59-50-40)41(52)47-37-42(53)51-38(44(54)56-39(30-18-8-3-9-19-30)31-20-10-4-11-21-31)32(29-58-43(37)51)28-57(33-22-12-5-13-23-33,34-24-14-6-15-25-34)35-26-16-7-17-27-35;/h3-27,37,39,43H,2,28-29H2,1H3,(H2-,46,47,48,50,52);1H/b49-36+;/t37?,43-;/m1./s1. The van der Waals surface area contributed by atoms with Crippen LogP contribution < -0.4 is 39.4 Å². The number of nitrogens with one attached hydrogen (secondary N) is 1. The molecular weight excluding hydrogens is 835 g/mol. The number of thioether (sulfide) groups is 1. The predicted molar refractivity (Wildman–Crippen MR) is 235 cm³/mol. The first-order valence-corrected chi connectivity index (χ1v) is 22.8. The average Bonchev–Trinajstić information content (AvgIpc) is 3.73. The van der Waals surface area contributed by atoms with Gasteiger partial charge in [-0.2, -0.15) is 9.36 Å². The number of hydrogen-bond donors (Lipinski definition) is 2. The van der Waals surface area contributed by atoms with Crippen LogP contribution in [0.5, 0.6) is 0 Å². The van der Waals surface area contributed by atoms with Crippen LogP contribution in [0, 0.1) is 0 Å². The van der Waals surface area contributed by atoms with Crippen molar-refractivity contribution in [3.05, 3.63) is 180 Å². The summed E-state index contributed by atoms with van der Waals surface area (Å²) in [6.07, 6.45) is -0.301. The maximum atomic E-state index is 15.1. The number of esters is 1. The number of nitrogen functional groups attached to an aromatic ring is 1. The molecule has 0 spiro atoms. The van der Waals surface area contributed by atoms with Crippen LogP contribution in [0.15, 0.2) is 168 Å². The number of nitrogens with two attached hydrogens (primary N) is 1. The Hall–Kier alpha value is -5.85. The fourth-order valence-electron chi connectivity index (χ4n) is 7.45. The molecule has 3 N–H and O–H groups in total. The van der Waals surface area contributed by atoms with Crippen molar-refractivity contribution in [2.24, 2.45) is 5.16 Å². The zero-order valence-electron chi connectivity index (χ0n) is 32.3. The molecule has 3 heterocycles. The molecule has 1 unspecified atom stereocenters. The summed E-state index contributed by atoms with van der Waals surface area (Å²) in [6, 6.07) is 49.3. The van der Waals surface area contributed by atoms with Crippen molar-refractivity contribution in [3.8, 4) is 0 Å². The number of halogens is 1. The third kappa shape index (κ3) is 8.44. The van der Waals surface area contributed by atoms with Gasteiger partial charge in [-0.1, -0.05) is 120 Å². The van der Waals surface area contributed by atoms with Crippen LogP contribution in [-0.2, 0) is 24.0 Å². The number of aromatic nitrogens is 2. The van der Waals surface area contributed by atoms with Gasteiger partial charge in [0.25, 0.3) is 11.8 Å². The second kappa shape index (κ2) is 19.0. The first-order valence-electron chi connectivity index (χ1n) is 19.0. The van der Waals surface area contributed by atoms with E-state index in [4.69, 9.17) is 15.3 Å². The number of amides is 2. The van der Waals surface area contributed by atoms with Crippen molar-refractivity contribution in [1.29, 1.82) is 0 Å². The van der Waals surface area contributed by atoms with Gasteiger partial charge in [0.15, 0.2) is 11.2 Å². The Labute approximate surface area is 363 Å². The monoisotopic (exact) mass is 874 g/mol. The molecule has 304 valence electrons. The Kier molecular flexibility index (Phi) is 13.4. The molecule has 2 atom stereocenters. The number of oxime groups is 1. The number of nitrogens with zero attached hydrogens (tertiary/aromatic N) is 4. The highest BCUT2D eigenvalue weighted by Crippen LogP contribution is 2.58. The fraction of sp³-hybridized carbons (Fsp3) is 0.156. The van der Waals surface area contributed by atoms with E-state index in [0.717, 1.165) is 44.1 Å². The van der Waals surface area contributed by atoms with Gasteiger partial charge < -0.3 is 33.0 Å².